The fourth-order valence-corrected chi connectivity index (χ4v) is 2.20. The molecule has 0 fully saturated rings. The molecule has 2 N–H and O–H groups in total. The molecule has 1 aromatic heterocycles. The number of hydrogen-bond acceptors (Lipinski definition) is 2. The lowest BCUT2D eigenvalue weighted by molar-refractivity contribution is 0.572. The largest absolute Gasteiger partial charge is 0.324 e. The van der Waals surface area contributed by atoms with Gasteiger partial charge in [0.05, 0.1) is 5.69 Å². The van der Waals surface area contributed by atoms with Crippen molar-refractivity contribution in [3.63, 3.8) is 0 Å². The van der Waals surface area contributed by atoms with E-state index >= 15 is 0 Å². The molecule has 1 aromatic carbocycles. The van der Waals surface area contributed by atoms with Gasteiger partial charge in [-0.25, -0.2) is 13.5 Å². The minimum Gasteiger partial charge on any atom is -0.324 e. The van der Waals surface area contributed by atoms with E-state index in [1.807, 2.05) is 20.8 Å². The molecule has 2 aromatic rings. The summed E-state index contributed by atoms with van der Waals surface area (Å²) < 4.78 is 28.1. The van der Waals surface area contributed by atoms with Gasteiger partial charge in [-0.1, -0.05) is 0 Å². The molecule has 0 saturated heterocycles. The highest BCUT2D eigenvalue weighted by Crippen LogP contribution is 2.24. The number of halogens is 2. The summed E-state index contributed by atoms with van der Waals surface area (Å²) >= 11 is 0. The predicted octanol–water partition coefficient (Wildman–Crippen LogP) is 2.79. The van der Waals surface area contributed by atoms with Gasteiger partial charge in [0.15, 0.2) is 5.82 Å². The number of nitrogens with zero attached hydrogens (tertiary/aromatic N) is 2. The second-order valence-corrected chi connectivity index (χ2v) is 4.38. The van der Waals surface area contributed by atoms with Gasteiger partial charge in [-0.15, -0.1) is 0 Å². The molecule has 96 valence electrons. The lowest BCUT2D eigenvalue weighted by Gasteiger charge is -2.08. The van der Waals surface area contributed by atoms with Crippen LogP contribution in [0.1, 0.15) is 29.9 Å². The molecule has 5 heteroatoms. The van der Waals surface area contributed by atoms with E-state index in [0.29, 0.717) is 0 Å². The molecule has 0 aliphatic rings. The second-order valence-electron chi connectivity index (χ2n) is 4.38. The van der Waals surface area contributed by atoms with E-state index < -0.39 is 11.6 Å². The summed E-state index contributed by atoms with van der Waals surface area (Å²) in [5.41, 5.74) is 8.50. The highest BCUT2D eigenvalue weighted by atomic mass is 19.1. The van der Waals surface area contributed by atoms with E-state index in [-0.39, 0.29) is 11.7 Å². The van der Waals surface area contributed by atoms with E-state index in [2.05, 4.69) is 5.10 Å². The van der Waals surface area contributed by atoms with E-state index in [0.717, 1.165) is 23.0 Å². The zero-order valence-electron chi connectivity index (χ0n) is 10.5. The van der Waals surface area contributed by atoms with Crippen molar-refractivity contribution in [3.05, 3.63) is 46.8 Å². The first kappa shape index (κ1) is 12.7. The number of benzene rings is 1. The third kappa shape index (κ3) is 2.01. The van der Waals surface area contributed by atoms with Crippen molar-refractivity contribution >= 4 is 0 Å². The Morgan fingerprint density at radius 3 is 2.44 bits per heavy atom. The molecule has 1 unspecified atom stereocenters. The summed E-state index contributed by atoms with van der Waals surface area (Å²) in [5.74, 6) is -1.25. The Labute approximate surface area is 104 Å². The second kappa shape index (κ2) is 4.49. The molecular formula is C13H15F2N3. The Balaban J connectivity index is 2.62. The van der Waals surface area contributed by atoms with Crippen LogP contribution in [0.4, 0.5) is 8.78 Å². The maximum absolute atomic E-state index is 13.7. The van der Waals surface area contributed by atoms with E-state index in [9.17, 15) is 8.78 Å². The lowest BCUT2D eigenvalue weighted by Crippen LogP contribution is -2.08. The molecular weight excluding hydrogens is 236 g/mol. The van der Waals surface area contributed by atoms with Crippen LogP contribution in [-0.4, -0.2) is 9.78 Å². The van der Waals surface area contributed by atoms with E-state index in [1.54, 1.807) is 0 Å². The summed E-state index contributed by atoms with van der Waals surface area (Å²) in [5, 5.41) is 4.27. The van der Waals surface area contributed by atoms with Crippen molar-refractivity contribution in [2.24, 2.45) is 5.73 Å². The minimum atomic E-state index is -0.642. The number of aryl methyl sites for hydroxylation is 1. The van der Waals surface area contributed by atoms with Crippen LogP contribution in [0, 0.1) is 25.5 Å². The van der Waals surface area contributed by atoms with Crippen molar-refractivity contribution in [2.45, 2.75) is 26.8 Å². The van der Waals surface area contributed by atoms with Gasteiger partial charge in [0.25, 0.3) is 0 Å². The summed E-state index contributed by atoms with van der Waals surface area (Å²) in [6, 6.07) is 3.24. The first-order chi connectivity index (χ1) is 8.41. The van der Waals surface area contributed by atoms with Gasteiger partial charge in [0, 0.05) is 23.4 Å². The first-order valence-electron chi connectivity index (χ1n) is 5.69. The van der Waals surface area contributed by atoms with Crippen molar-refractivity contribution in [1.82, 2.24) is 9.78 Å². The maximum Gasteiger partial charge on any atom is 0.151 e. The fourth-order valence-electron chi connectivity index (χ4n) is 2.20. The highest BCUT2D eigenvalue weighted by Gasteiger charge is 2.17. The molecule has 0 saturated carbocycles. The van der Waals surface area contributed by atoms with Crippen LogP contribution in [-0.2, 0) is 0 Å². The van der Waals surface area contributed by atoms with Crippen molar-refractivity contribution in [3.8, 4) is 5.69 Å². The maximum atomic E-state index is 13.7. The van der Waals surface area contributed by atoms with Crippen molar-refractivity contribution < 1.29 is 8.78 Å². The molecule has 0 spiro atoms. The molecule has 18 heavy (non-hydrogen) atoms. The van der Waals surface area contributed by atoms with Gasteiger partial charge < -0.3 is 5.73 Å². The average Bonchev–Trinajstić information content (AvgIpc) is 2.54. The van der Waals surface area contributed by atoms with Crippen LogP contribution in [0.5, 0.6) is 0 Å². The number of rotatable bonds is 2. The molecule has 0 amide bonds. The molecule has 1 heterocycles. The standard InChI is InChI=1S/C13H15F2N3/c1-7(16)13-8(2)17-18(9(13)3)12-5-4-10(14)6-11(12)15/h4-7H,16H2,1-3H3. The Kier molecular flexibility index (Phi) is 3.17. The predicted molar refractivity (Wildman–Crippen MR) is 65.6 cm³/mol. The number of aromatic nitrogens is 2. The van der Waals surface area contributed by atoms with Gasteiger partial charge in [0.1, 0.15) is 11.5 Å². The van der Waals surface area contributed by atoms with E-state index in [1.165, 1.54) is 16.8 Å². The van der Waals surface area contributed by atoms with Crippen LogP contribution >= 0.6 is 0 Å². The Hall–Kier alpha value is -1.75. The normalized spacial score (nSPS) is 12.8. The SMILES string of the molecule is Cc1nn(-c2ccc(F)cc2F)c(C)c1C(C)N. The summed E-state index contributed by atoms with van der Waals surface area (Å²) in [4.78, 5) is 0. The minimum absolute atomic E-state index is 0.178. The Morgan fingerprint density at radius 2 is 1.94 bits per heavy atom. The van der Waals surface area contributed by atoms with Crippen LogP contribution in [0.2, 0.25) is 0 Å². The zero-order valence-corrected chi connectivity index (χ0v) is 10.5. The first-order valence-corrected chi connectivity index (χ1v) is 5.69. The molecule has 0 aliphatic carbocycles. The third-order valence-electron chi connectivity index (χ3n) is 2.94. The monoisotopic (exact) mass is 251 g/mol. The van der Waals surface area contributed by atoms with Crippen molar-refractivity contribution in [1.29, 1.82) is 0 Å². The fraction of sp³-hybridized carbons (Fsp3) is 0.308. The lowest BCUT2D eigenvalue weighted by atomic mass is 10.1. The Bertz CT molecular complexity index is 588. The van der Waals surface area contributed by atoms with Gasteiger partial charge in [-0.3, -0.25) is 0 Å². The average molecular weight is 251 g/mol. The van der Waals surface area contributed by atoms with Gasteiger partial charge in [0.2, 0.25) is 0 Å². The topological polar surface area (TPSA) is 43.8 Å². The van der Waals surface area contributed by atoms with Crippen LogP contribution in [0.3, 0.4) is 0 Å². The highest BCUT2D eigenvalue weighted by molar-refractivity contribution is 5.39. The third-order valence-corrected chi connectivity index (χ3v) is 2.94. The summed E-state index contributed by atoms with van der Waals surface area (Å²) in [7, 11) is 0. The molecule has 2 rings (SSSR count). The van der Waals surface area contributed by atoms with Gasteiger partial charge >= 0.3 is 0 Å². The summed E-state index contributed by atoms with van der Waals surface area (Å²) in [6.45, 7) is 5.49. The van der Waals surface area contributed by atoms with Crippen LogP contribution in [0.15, 0.2) is 18.2 Å². The van der Waals surface area contributed by atoms with Crippen LogP contribution in [0.25, 0.3) is 5.69 Å². The molecule has 1 atom stereocenters. The van der Waals surface area contributed by atoms with Crippen LogP contribution < -0.4 is 5.73 Å². The molecule has 0 bridgehead atoms. The Morgan fingerprint density at radius 1 is 1.28 bits per heavy atom. The van der Waals surface area contributed by atoms with E-state index in [4.69, 9.17) is 5.73 Å². The molecule has 3 nitrogen and oxygen atoms in total. The smallest absolute Gasteiger partial charge is 0.151 e. The molecule has 0 radical (unpaired) electrons. The van der Waals surface area contributed by atoms with Gasteiger partial charge in [-0.2, -0.15) is 5.10 Å². The zero-order chi connectivity index (χ0) is 13.4. The number of hydrogen-bond donors (Lipinski definition) is 1. The van der Waals surface area contributed by atoms with Gasteiger partial charge in [-0.05, 0) is 32.9 Å². The van der Waals surface area contributed by atoms with Crippen molar-refractivity contribution in [2.75, 3.05) is 0 Å². The molecule has 0 aliphatic heterocycles. The summed E-state index contributed by atoms with van der Waals surface area (Å²) in [6.07, 6.45) is 0. The quantitative estimate of drug-likeness (QED) is 0.891. The number of nitrogens with two attached hydrogens (primary N) is 1.